The molecule has 2 aromatic carbocycles. The number of nitrogens with one attached hydrogen (secondary N) is 1. The molecule has 35 heavy (non-hydrogen) atoms. The molecule has 2 N–H and O–H groups in total. The lowest BCUT2D eigenvalue weighted by atomic mass is 9.96. The Morgan fingerprint density at radius 2 is 1.69 bits per heavy atom. The van der Waals surface area contributed by atoms with E-state index in [1.807, 2.05) is 42.6 Å². The Bertz CT molecular complexity index is 1360. The molecule has 0 spiro atoms. The van der Waals surface area contributed by atoms with Gasteiger partial charge in [-0.15, -0.1) is 0 Å². The van der Waals surface area contributed by atoms with Gasteiger partial charge < -0.3 is 19.9 Å². The highest BCUT2D eigenvalue weighted by Crippen LogP contribution is 2.44. The van der Waals surface area contributed by atoms with E-state index >= 15 is 0 Å². The summed E-state index contributed by atoms with van der Waals surface area (Å²) in [6.07, 6.45) is 1.82. The zero-order chi connectivity index (χ0) is 24.7. The predicted octanol–water partition coefficient (Wildman–Crippen LogP) is 6.50. The Hall–Kier alpha value is -3.64. The number of phenols is 1. The van der Waals surface area contributed by atoms with E-state index in [0.717, 1.165) is 34.0 Å². The molecule has 1 aliphatic heterocycles. The molecule has 0 saturated carbocycles. The molecule has 1 saturated heterocycles. The predicted molar refractivity (Wildman–Crippen MR) is 145 cm³/mol. The number of phenolic OH excluding ortho intramolecular Hbond substituents is 1. The SMILES string of the molecule is Cc1cc([C@@H]2[C@@H](c3ccccn3)NC(=S)N2c2ccc(C(C)C)cc2)c(C)n1-c1ccccc1O. The minimum absolute atomic E-state index is 0.104. The highest BCUT2D eigenvalue weighted by Gasteiger charge is 2.42. The minimum Gasteiger partial charge on any atom is -0.506 e. The summed E-state index contributed by atoms with van der Waals surface area (Å²) >= 11 is 5.90. The molecule has 2 atom stereocenters. The number of para-hydroxylation sites is 2. The Morgan fingerprint density at radius 3 is 2.34 bits per heavy atom. The van der Waals surface area contributed by atoms with Gasteiger partial charge in [0.05, 0.1) is 23.5 Å². The highest BCUT2D eigenvalue weighted by atomic mass is 32.1. The van der Waals surface area contributed by atoms with E-state index in [9.17, 15) is 5.11 Å². The summed E-state index contributed by atoms with van der Waals surface area (Å²) in [5.74, 6) is 0.713. The number of hydrogen-bond donors (Lipinski definition) is 2. The van der Waals surface area contributed by atoms with E-state index in [-0.39, 0.29) is 17.8 Å². The third kappa shape index (κ3) is 4.08. The van der Waals surface area contributed by atoms with Crippen LogP contribution in [-0.4, -0.2) is 19.8 Å². The summed E-state index contributed by atoms with van der Waals surface area (Å²) in [6, 6.07) is 24.1. The zero-order valence-electron chi connectivity index (χ0n) is 20.4. The fraction of sp³-hybridized carbons (Fsp3) is 0.241. The molecule has 3 heterocycles. The Kier molecular flexibility index (Phi) is 6.07. The van der Waals surface area contributed by atoms with Crippen LogP contribution in [0.3, 0.4) is 0 Å². The molecule has 6 heteroatoms. The number of aromatic nitrogens is 2. The van der Waals surface area contributed by atoms with Crippen molar-refractivity contribution < 1.29 is 5.11 Å². The van der Waals surface area contributed by atoms with Gasteiger partial charge in [0.1, 0.15) is 5.75 Å². The topological polar surface area (TPSA) is 53.3 Å². The summed E-state index contributed by atoms with van der Waals surface area (Å²) in [4.78, 5) is 6.88. The van der Waals surface area contributed by atoms with E-state index in [2.05, 4.69) is 77.8 Å². The molecule has 0 amide bonds. The Morgan fingerprint density at radius 1 is 0.971 bits per heavy atom. The van der Waals surface area contributed by atoms with Crippen molar-refractivity contribution in [2.75, 3.05) is 4.90 Å². The maximum Gasteiger partial charge on any atom is 0.174 e. The summed E-state index contributed by atoms with van der Waals surface area (Å²) in [5.41, 5.74) is 7.29. The van der Waals surface area contributed by atoms with Crippen LogP contribution in [0.5, 0.6) is 5.75 Å². The summed E-state index contributed by atoms with van der Waals surface area (Å²) in [5, 5.41) is 14.8. The van der Waals surface area contributed by atoms with Gasteiger partial charge in [-0.25, -0.2) is 0 Å². The van der Waals surface area contributed by atoms with Gasteiger partial charge in [-0.05, 0) is 85.6 Å². The van der Waals surface area contributed by atoms with Gasteiger partial charge in [0.2, 0.25) is 0 Å². The molecule has 1 fully saturated rings. The van der Waals surface area contributed by atoms with E-state index in [4.69, 9.17) is 12.2 Å². The second kappa shape index (κ2) is 9.19. The van der Waals surface area contributed by atoms with Gasteiger partial charge in [-0.1, -0.05) is 44.2 Å². The first-order chi connectivity index (χ1) is 16.9. The minimum atomic E-state index is -0.119. The number of thiocarbonyl (C=S) groups is 1. The number of aryl methyl sites for hydroxylation is 1. The van der Waals surface area contributed by atoms with Crippen LogP contribution >= 0.6 is 12.2 Å². The molecular weight excluding hydrogens is 452 g/mol. The van der Waals surface area contributed by atoms with Gasteiger partial charge in [-0.3, -0.25) is 4.98 Å². The van der Waals surface area contributed by atoms with Gasteiger partial charge in [-0.2, -0.15) is 0 Å². The van der Waals surface area contributed by atoms with Crippen molar-refractivity contribution in [1.82, 2.24) is 14.9 Å². The monoisotopic (exact) mass is 482 g/mol. The molecule has 178 valence electrons. The van der Waals surface area contributed by atoms with Crippen LogP contribution in [0.4, 0.5) is 5.69 Å². The van der Waals surface area contributed by atoms with E-state index in [0.29, 0.717) is 11.0 Å². The number of pyridine rings is 1. The van der Waals surface area contributed by atoms with Gasteiger partial charge in [0, 0.05) is 23.3 Å². The van der Waals surface area contributed by atoms with Crippen molar-refractivity contribution in [2.45, 2.75) is 45.7 Å². The lowest BCUT2D eigenvalue weighted by Crippen LogP contribution is -2.29. The third-order valence-corrected chi connectivity index (χ3v) is 7.16. The van der Waals surface area contributed by atoms with Crippen molar-refractivity contribution in [3.63, 3.8) is 0 Å². The fourth-order valence-electron chi connectivity index (χ4n) is 5.08. The van der Waals surface area contributed by atoms with Crippen molar-refractivity contribution >= 4 is 23.0 Å². The molecule has 0 unspecified atom stereocenters. The van der Waals surface area contributed by atoms with Crippen LogP contribution in [0, 0.1) is 13.8 Å². The maximum absolute atomic E-state index is 10.6. The lowest BCUT2D eigenvalue weighted by Gasteiger charge is -2.28. The third-order valence-electron chi connectivity index (χ3n) is 6.85. The summed E-state index contributed by atoms with van der Waals surface area (Å²) in [7, 11) is 0. The van der Waals surface area contributed by atoms with Crippen LogP contribution in [-0.2, 0) is 0 Å². The van der Waals surface area contributed by atoms with Gasteiger partial charge in [0.15, 0.2) is 5.11 Å². The normalized spacial score (nSPS) is 17.7. The molecule has 1 aliphatic rings. The second-order valence-electron chi connectivity index (χ2n) is 9.39. The molecule has 5 nitrogen and oxygen atoms in total. The van der Waals surface area contributed by atoms with Crippen LogP contribution < -0.4 is 10.2 Å². The molecular formula is C29H30N4OS. The lowest BCUT2D eigenvalue weighted by molar-refractivity contribution is 0.471. The van der Waals surface area contributed by atoms with Gasteiger partial charge >= 0.3 is 0 Å². The number of hydrogen-bond acceptors (Lipinski definition) is 3. The van der Waals surface area contributed by atoms with Crippen molar-refractivity contribution in [3.05, 3.63) is 107 Å². The molecule has 5 rings (SSSR count). The number of aromatic hydroxyl groups is 1. The van der Waals surface area contributed by atoms with E-state index in [1.54, 1.807) is 6.07 Å². The molecule has 0 aliphatic carbocycles. The average molecular weight is 483 g/mol. The quantitative estimate of drug-likeness (QED) is 0.318. The molecule has 2 aromatic heterocycles. The van der Waals surface area contributed by atoms with Crippen LogP contribution in [0.15, 0.2) is 79.0 Å². The smallest absolute Gasteiger partial charge is 0.174 e. The number of nitrogens with zero attached hydrogens (tertiary/aromatic N) is 3. The molecule has 0 radical (unpaired) electrons. The molecule has 0 bridgehead atoms. The average Bonchev–Trinajstić information content (AvgIpc) is 3.35. The molecule has 4 aromatic rings. The summed E-state index contributed by atoms with van der Waals surface area (Å²) < 4.78 is 2.11. The second-order valence-corrected chi connectivity index (χ2v) is 9.78. The van der Waals surface area contributed by atoms with Crippen LogP contribution in [0.1, 0.15) is 60.1 Å². The number of benzene rings is 2. The van der Waals surface area contributed by atoms with Crippen LogP contribution in [0.2, 0.25) is 0 Å². The van der Waals surface area contributed by atoms with E-state index in [1.165, 1.54) is 5.56 Å². The Balaban J connectivity index is 1.67. The number of rotatable bonds is 5. The maximum atomic E-state index is 10.6. The van der Waals surface area contributed by atoms with Crippen molar-refractivity contribution in [2.24, 2.45) is 0 Å². The highest BCUT2D eigenvalue weighted by molar-refractivity contribution is 7.80. The largest absolute Gasteiger partial charge is 0.506 e. The first-order valence-corrected chi connectivity index (χ1v) is 12.4. The van der Waals surface area contributed by atoms with Gasteiger partial charge in [0.25, 0.3) is 0 Å². The van der Waals surface area contributed by atoms with Crippen molar-refractivity contribution in [1.29, 1.82) is 0 Å². The summed E-state index contributed by atoms with van der Waals surface area (Å²) in [6.45, 7) is 8.57. The first-order valence-electron chi connectivity index (χ1n) is 11.9. The van der Waals surface area contributed by atoms with Crippen LogP contribution in [0.25, 0.3) is 5.69 Å². The van der Waals surface area contributed by atoms with E-state index < -0.39 is 0 Å². The number of anilines is 1. The van der Waals surface area contributed by atoms with Crippen molar-refractivity contribution in [3.8, 4) is 11.4 Å². The first kappa shape index (κ1) is 23.1. The fourth-order valence-corrected chi connectivity index (χ4v) is 5.43. The standard InChI is InChI=1S/C29H30N4OS/c1-18(2)21-12-14-22(15-13-21)33-28(27(31-29(33)35)24-9-7-8-16-30-24)23-17-19(3)32(20(23)4)25-10-5-6-11-26(25)34/h5-18,27-28,34H,1-4H3,(H,31,35)/t27-,28-/m1/s1. The Labute approximate surface area is 212 Å². The zero-order valence-corrected chi connectivity index (χ0v) is 21.3.